The molecule has 0 spiro atoms. The molecule has 4 N–H and O–H groups in total. The highest BCUT2D eigenvalue weighted by molar-refractivity contribution is 6.43. The van der Waals surface area contributed by atoms with E-state index in [4.69, 9.17) is 0 Å². The van der Waals surface area contributed by atoms with Crippen LogP contribution in [0.25, 0.3) is 0 Å². The fourth-order valence-electron chi connectivity index (χ4n) is 2.89. The van der Waals surface area contributed by atoms with E-state index in [1.807, 2.05) is 19.1 Å². The zero-order valence-corrected chi connectivity index (χ0v) is 17.3. The van der Waals surface area contributed by atoms with E-state index in [1.54, 1.807) is 12.1 Å². The van der Waals surface area contributed by atoms with Crippen LogP contribution < -0.4 is 10.6 Å². The number of carbonyl (C=O) groups excluding carboxylic acids is 2. The number of hydrogen-bond donors (Lipinski definition) is 4. The highest BCUT2D eigenvalue weighted by Crippen LogP contribution is 2.32. The summed E-state index contributed by atoms with van der Waals surface area (Å²) in [6.45, 7) is 4.51. The molecule has 1 atom stereocenters. The molecule has 0 aliphatic carbocycles. The van der Waals surface area contributed by atoms with E-state index in [0.29, 0.717) is 0 Å². The molecule has 2 aromatic rings. The van der Waals surface area contributed by atoms with Crippen LogP contribution in [0.15, 0.2) is 48.5 Å². The molecule has 2 aromatic carbocycles. The van der Waals surface area contributed by atoms with Crippen LogP contribution in [0.3, 0.4) is 0 Å². The van der Waals surface area contributed by atoms with Crippen molar-refractivity contribution >= 4 is 18.9 Å². The summed E-state index contributed by atoms with van der Waals surface area (Å²) in [6.07, 6.45) is -4.63. The van der Waals surface area contributed by atoms with Crippen LogP contribution in [-0.4, -0.2) is 40.5 Å². The lowest BCUT2D eigenvalue weighted by Gasteiger charge is -2.28. The molecular weight excluding hydrogens is 412 g/mol. The first kappa shape index (κ1) is 24.4. The highest BCUT2D eigenvalue weighted by atomic mass is 19.4. The van der Waals surface area contributed by atoms with Gasteiger partial charge in [0.15, 0.2) is 0 Å². The van der Waals surface area contributed by atoms with Gasteiger partial charge < -0.3 is 20.7 Å². The topological polar surface area (TPSA) is 98.7 Å². The van der Waals surface area contributed by atoms with Gasteiger partial charge in [-0.05, 0) is 44.9 Å². The van der Waals surface area contributed by atoms with Crippen LogP contribution in [-0.2, 0) is 17.4 Å². The number of benzene rings is 2. The normalized spacial score (nSPS) is 12.8. The van der Waals surface area contributed by atoms with Gasteiger partial charge >= 0.3 is 13.3 Å². The van der Waals surface area contributed by atoms with Gasteiger partial charge in [-0.2, -0.15) is 13.2 Å². The molecule has 0 aromatic heterocycles. The van der Waals surface area contributed by atoms with Gasteiger partial charge in [0.1, 0.15) is 5.54 Å². The second-order valence-corrected chi connectivity index (χ2v) is 7.81. The molecule has 10 heteroatoms. The summed E-state index contributed by atoms with van der Waals surface area (Å²) in [5.41, 5.74) is -1.61. The molecule has 0 unspecified atom stereocenters. The predicted octanol–water partition coefficient (Wildman–Crippen LogP) is 2.26. The van der Waals surface area contributed by atoms with Crippen molar-refractivity contribution in [3.8, 4) is 0 Å². The number of carbonyl (C=O) groups is 2. The maximum Gasteiger partial charge on any atom is 0.475 e. The molecule has 0 bridgehead atoms. The molecule has 0 aliphatic rings. The largest absolute Gasteiger partial charge is 0.475 e. The van der Waals surface area contributed by atoms with Gasteiger partial charge in [-0.1, -0.05) is 42.0 Å². The van der Waals surface area contributed by atoms with E-state index in [0.717, 1.165) is 29.3 Å². The van der Waals surface area contributed by atoms with Crippen molar-refractivity contribution in [3.63, 3.8) is 0 Å². The molecule has 166 valence electrons. The first-order valence-electron chi connectivity index (χ1n) is 9.52. The number of alkyl halides is 3. The van der Waals surface area contributed by atoms with E-state index in [1.165, 1.54) is 19.9 Å². The summed E-state index contributed by atoms with van der Waals surface area (Å²) in [5.74, 6) is -2.95. The number of hydrogen-bond acceptors (Lipinski definition) is 4. The Kier molecular flexibility index (Phi) is 7.51. The number of rotatable bonds is 7. The Morgan fingerprint density at radius 2 is 1.61 bits per heavy atom. The van der Waals surface area contributed by atoms with Gasteiger partial charge in [-0.15, -0.1) is 0 Å². The third-order valence-corrected chi connectivity index (χ3v) is 4.72. The third-order valence-electron chi connectivity index (χ3n) is 4.72. The van der Waals surface area contributed by atoms with Gasteiger partial charge in [0.05, 0.1) is 17.1 Å². The molecule has 6 nitrogen and oxygen atoms in total. The molecule has 2 rings (SSSR count). The van der Waals surface area contributed by atoms with Crippen molar-refractivity contribution in [1.82, 2.24) is 10.6 Å². The number of halogens is 3. The van der Waals surface area contributed by atoms with Gasteiger partial charge in [0.25, 0.3) is 5.91 Å². The van der Waals surface area contributed by atoms with E-state index >= 15 is 0 Å². The lowest BCUT2D eigenvalue weighted by molar-refractivity contribution is -0.137. The lowest BCUT2D eigenvalue weighted by Crippen LogP contribution is -2.59. The van der Waals surface area contributed by atoms with Crippen molar-refractivity contribution in [2.75, 3.05) is 0 Å². The maximum atomic E-state index is 13.2. The Morgan fingerprint density at radius 3 is 2.16 bits per heavy atom. The van der Waals surface area contributed by atoms with Crippen molar-refractivity contribution < 1.29 is 32.8 Å². The molecule has 0 heterocycles. The number of amides is 2. The Balaban J connectivity index is 2.14. The van der Waals surface area contributed by atoms with Crippen LogP contribution in [0, 0.1) is 6.92 Å². The smallest absolute Gasteiger partial charge is 0.426 e. The standard InChI is InChI=1S/C21H24BF3N2O4/c1-13-8-10-14(11-9-13)12-17(22(30)31)26-19(29)20(2,3)27-18(28)15-6-4-5-7-16(15)21(23,24)25/h4-11,17,30-31H,12H2,1-3H3,(H,26,29)(H,27,28)/t17-/m0/s1. The van der Waals surface area contributed by atoms with Gasteiger partial charge in [0.2, 0.25) is 5.91 Å². The number of nitrogens with one attached hydrogen (secondary N) is 2. The van der Waals surface area contributed by atoms with Crippen LogP contribution in [0.4, 0.5) is 13.2 Å². The molecule has 0 radical (unpaired) electrons. The van der Waals surface area contributed by atoms with Crippen LogP contribution in [0.5, 0.6) is 0 Å². The minimum atomic E-state index is -4.74. The highest BCUT2D eigenvalue weighted by Gasteiger charge is 2.38. The predicted molar refractivity (Wildman–Crippen MR) is 110 cm³/mol. The molecule has 0 saturated heterocycles. The quantitative estimate of drug-likeness (QED) is 0.501. The molecule has 31 heavy (non-hydrogen) atoms. The summed E-state index contributed by atoms with van der Waals surface area (Å²) in [4.78, 5) is 25.2. The van der Waals surface area contributed by atoms with Crippen molar-refractivity contribution in [2.24, 2.45) is 0 Å². The van der Waals surface area contributed by atoms with Crippen molar-refractivity contribution in [1.29, 1.82) is 0 Å². The van der Waals surface area contributed by atoms with Crippen LogP contribution in [0.2, 0.25) is 0 Å². The van der Waals surface area contributed by atoms with E-state index < -0.39 is 47.7 Å². The van der Waals surface area contributed by atoms with E-state index in [2.05, 4.69) is 10.6 Å². The average molecular weight is 436 g/mol. The zero-order chi connectivity index (χ0) is 23.4. The molecule has 0 fully saturated rings. The Bertz CT molecular complexity index is 931. The lowest BCUT2D eigenvalue weighted by atomic mass is 9.75. The molecule has 0 aliphatic heterocycles. The zero-order valence-electron chi connectivity index (χ0n) is 17.3. The average Bonchev–Trinajstić information content (AvgIpc) is 2.67. The van der Waals surface area contributed by atoms with E-state index in [9.17, 15) is 32.8 Å². The van der Waals surface area contributed by atoms with Gasteiger partial charge in [0, 0.05) is 0 Å². The summed E-state index contributed by atoms with van der Waals surface area (Å²) >= 11 is 0. The maximum absolute atomic E-state index is 13.2. The fourth-order valence-corrected chi connectivity index (χ4v) is 2.89. The molecular formula is C21H24BF3N2O4. The monoisotopic (exact) mass is 436 g/mol. The minimum Gasteiger partial charge on any atom is -0.426 e. The van der Waals surface area contributed by atoms with Crippen molar-refractivity contribution in [2.45, 2.75) is 44.8 Å². The Morgan fingerprint density at radius 1 is 1.03 bits per heavy atom. The molecule has 2 amide bonds. The van der Waals surface area contributed by atoms with Crippen LogP contribution >= 0.6 is 0 Å². The number of aryl methyl sites for hydroxylation is 1. The Hall–Kier alpha value is -2.85. The third kappa shape index (κ3) is 6.57. The molecule has 0 saturated carbocycles. The van der Waals surface area contributed by atoms with E-state index in [-0.39, 0.29) is 6.42 Å². The summed E-state index contributed by atoms with van der Waals surface area (Å²) in [5, 5.41) is 24.0. The first-order chi connectivity index (χ1) is 14.3. The summed E-state index contributed by atoms with van der Waals surface area (Å²) in [6, 6.07) is 11.5. The first-order valence-corrected chi connectivity index (χ1v) is 9.52. The summed E-state index contributed by atoms with van der Waals surface area (Å²) < 4.78 is 39.5. The van der Waals surface area contributed by atoms with Gasteiger partial charge in [-0.25, -0.2) is 0 Å². The second-order valence-electron chi connectivity index (χ2n) is 7.81. The van der Waals surface area contributed by atoms with Crippen molar-refractivity contribution in [3.05, 3.63) is 70.8 Å². The Labute approximate surface area is 178 Å². The summed E-state index contributed by atoms with van der Waals surface area (Å²) in [7, 11) is -1.89. The van der Waals surface area contributed by atoms with Gasteiger partial charge in [-0.3, -0.25) is 9.59 Å². The minimum absolute atomic E-state index is 0.102. The SMILES string of the molecule is Cc1ccc(C[C@H](NC(=O)C(C)(C)NC(=O)c2ccccc2C(F)(F)F)B(O)O)cc1. The van der Waals surface area contributed by atoms with Crippen LogP contribution in [0.1, 0.15) is 40.9 Å². The fraction of sp³-hybridized carbons (Fsp3) is 0.333. The second kappa shape index (κ2) is 9.53.